The number of ether oxygens (including phenoxy) is 2. The van der Waals surface area contributed by atoms with E-state index in [1.807, 2.05) is 103 Å². The third-order valence-corrected chi connectivity index (χ3v) is 14.5. The van der Waals surface area contributed by atoms with E-state index in [4.69, 9.17) is 14.9 Å². The van der Waals surface area contributed by atoms with Crippen molar-refractivity contribution in [2.45, 2.75) is 89.0 Å². The SMILES string of the molecule is CCCCOc1ccc(C(=O)n2c(C)c(/C=C/C(=O)O)c3cc(C)ccc32)cc1.COC(=O)/C=C/c1c(C)[nH]c2ccc(C)cc12.Cc1ccc2[nH]c(C)c(/C=C/C(=O)O)c2c1.Cc1ccc2[nH]c(C)c(C=O)c2c1.Cc1ccc2[nH]c(C)cc2c1. The minimum Gasteiger partial charge on any atom is -0.494 e. The van der Waals surface area contributed by atoms with Crippen molar-refractivity contribution in [1.82, 2.24) is 24.5 Å². The number of carbonyl (C=O) groups excluding carboxylic acids is 3. The van der Waals surface area contributed by atoms with Crippen molar-refractivity contribution in [2.24, 2.45) is 0 Å². The van der Waals surface area contributed by atoms with Crippen LogP contribution in [-0.2, 0) is 19.1 Å². The summed E-state index contributed by atoms with van der Waals surface area (Å²) in [6.07, 6.45) is 11.6. The summed E-state index contributed by atoms with van der Waals surface area (Å²) in [5.74, 6) is -1.72. The first-order chi connectivity index (χ1) is 41.1. The molecule has 0 saturated carbocycles. The lowest BCUT2D eigenvalue weighted by Crippen LogP contribution is -2.13. The fraction of sp³-hybridized carbons (Fsp3) is 0.208. The highest BCUT2D eigenvalue weighted by molar-refractivity contribution is 6.07. The van der Waals surface area contributed by atoms with Gasteiger partial charge in [0, 0.05) is 118 Å². The minimum atomic E-state index is -1.03. The zero-order valence-electron chi connectivity index (χ0n) is 50.9. The van der Waals surface area contributed by atoms with Gasteiger partial charge in [-0.05, 0) is 190 Å². The maximum atomic E-state index is 13.3. The highest BCUT2D eigenvalue weighted by atomic mass is 16.5. The second-order valence-corrected chi connectivity index (χ2v) is 21.4. The van der Waals surface area contributed by atoms with Crippen molar-refractivity contribution in [2.75, 3.05) is 13.7 Å². The number of nitrogens with one attached hydrogen (secondary N) is 4. The molecule has 14 heteroatoms. The Bertz CT molecular complexity index is 4360. The molecule has 442 valence electrons. The van der Waals surface area contributed by atoms with Gasteiger partial charge in [0.05, 0.1) is 19.2 Å². The van der Waals surface area contributed by atoms with E-state index in [1.54, 1.807) is 47.1 Å². The average Bonchev–Trinajstić information content (AvgIpc) is 2.27. The second-order valence-electron chi connectivity index (χ2n) is 21.4. The number of rotatable bonds is 12. The van der Waals surface area contributed by atoms with Gasteiger partial charge in [-0.3, -0.25) is 14.2 Å². The molecule has 11 aromatic rings. The zero-order chi connectivity index (χ0) is 62.4. The van der Waals surface area contributed by atoms with E-state index in [1.165, 1.54) is 46.5 Å². The summed E-state index contributed by atoms with van der Waals surface area (Å²) in [4.78, 5) is 69.7. The molecule has 0 radical (unpaired) electrons. The number of H-pyrrole nitrogens is 4. The first kappa shape index (κ1) is 63.4. The molecular formula is C72H75N5O9. The third-order valence-electron chi connectivity index (χ3n) is 14.5. The second kappa shape index (κ2) is 28.9. The molecule has 0 aliphatic carbocycles. The van der Waals surface area contributed by atoms with Crippen LogP contribution < -0.4 is 4.74 Å². The van der Waals surface area contributed by atoms with Gasteiger partial charge in [0.25, 0.3) is 5.91 Å². The minimum absolute atomic E-state index is 0.161. The van der Waals surface area contributed by atoms with Crippen LogP contribution in [0, 0.1) is 69.2 Å². The number of unbranched alkanes of at least 4 members (excludes halogenated alkanes) is 1. The van der Waals surface area contributed by atoms with Gasteiger partial charge < -0.3 is 39.6 Å². The van der Waals surface area contributed by atoms with Crippen LogP contribution in [0.1, 0.15) is 113 Å². The number of aldehydes is 1. The number of fused-ring (bicyclic) bond motifs is 5. The maximum Gasteiger partial charge on any atom is 0.330 e. The quantitative estimate of drug-likeness (QED) is 0.0297. The van der Waals surface area contributed by atoms with Gasteiger partial charge in [0.15, 0.2) is 6.29 Å². The molecule has 0 fully saturated rings. The number of nitrogens with zero attached hydrogens (tertiary/aromatic N) is 1. The van der Waals surface area contributed by atoms with Crippen LogP contribution in [0.15, 0.2) is 140 Å². The van der Waals surface area contributed by atoms with Crippen molar-refractivity contribution >= 4 is 103 Å². The van der Waals surface area contributed by atoms with Gasteiger partial charge in [0.2, 0.25) is 0 Å². The van der Waals surface area contributed by atoms with E-state index in [0.29, 0.717) is 17.9 Å². The molecule has 0 saturated heterocycles. The molecule has 0 aliphatic rings. The molecule has 0 bridgehead atoms. The topological polar surface area (TPSA) is 212 Å². The predicted molar refractivity (Wildman–Crippen MR) is 349 cm³/mol. The summed E-state index contributed by atoms with van der Waals surface area (Å²) in [7, 11) is 1.37. The molecule has 5 aromatic heterocycles. The Hall–Kier alpha value is -10.2. The van der Waals surface area contributed by atoms with Crippen molar-refractivity contribution in [3.05, 3.63) is 224 Å². The monoisotopic (exact) mass is 1150 g/mol. The molecule has 0 spiro atoms. The Kier molecular flexibility index (Phi) is 21.3. The van der Waals surface area contributed by atoms with Crippen molar-refractivity contribution in [1.29, 1.82) is 0 Å². The fourth-order valence-corrected chi connectivity index (χ4v) is 10.1. The van der Waals surface area contributed by atoms with Gasteiger partial charge in [0.1, 0.15) is 5.75 Å². The predicted octanol–water partition coefficient (Wildman–Crippen LogP) is 16.5. The Labute approximate surface area is 500 Å². The van der Waals surface area contributed by atoms with E-state index in [9.17, 15) is 24.0 Å². The van der Waals surface area contributed by atoms with E-state index in [2.05, 4.69) is 94.8 Å². The van der Waals surface area contributed by atoms with E-state index < -0.39 is 11.9 Å². The Morgan fingerprint density at radius 1 is 0.500 bits per heavy atom. The standard InChI is InChI=1S/C24H25NO4.C14H15NO2.C13H13NO2.C11H11NO.C10H11N/c1-4-5-14-29-19-9-7-18(8-10-19)24(28)25-17(3)20(11-13-23(26)27)21-15-16(2)6-12-22(21)25;1-9-4-6-13-12(8-9)11(10(2)15-13)5-7-14(16)17-3;1-8-3-5-12-11(7-8)10(9(2)14-12)4-6-13(15)16;1-7-3-4-11-9(5-7)10(6-13)8(2)12-11;1-7-3-4-10-9(5-7)6-8(2)11-10/h6-13,15H,4-5,14H2,1-3H3,(H,26,27);4-8,15H,1-3H3;3-7,14H,1-2H3,(H,15,16);3-6,12H,1-2H3;3-6,11H,1-2H3/b13-11+;7-5+;6-4+;;. The van der Waals surface area contributed by atoms with E-state index in [0.717, 1.165) is 131 Å². The van der Waals surface area contributed by atoms with Crippen molar-refractivity contribution < 1.29 is 43.7 Å². The Morgan fingerprint density at radius 3 is 1.43 bits per heavy atom. The molecule has 14 nitrogen and oxygen atoms in total. The first-order valence-corrected chi connectivity index (χ1v) is 28.3. The van der Waals surface area contributed by atoms with Crippen LogP contribution in [-0.4, -0.2) is 78.5 Å². The van der Waals surface area contributed by atoms with E-state index >= 15 is 0 Å². The smallest absolute Gasteiger partial charge is 0.330 e. The van der Waals surface area contributed by atoms with Crippen molar-refractivity contribution in [3.63, 3.8) is 0 Å². The molecule has 11 rings (SSSR count). The largest absolute Gasteiger partial charge is 0.494 e. The highest BCUT2D eigenvalue weighted by Crippen LogP contribution is 2.31. The summed E-state index contributed by atoms with van der Waals surface area (Å²) in [5, 5.41) is 23.0. The first-order valence-electron chi connectivity index (χ1n) is 28.3. The van der Waals surface area contributed by atoms with Crippen LogP contribution in [0.3, 0.4) is 0 Å². The lowest BCUT2D eigenvalue weighted by molar-refractivity contribution is -0.135. The van der Waals surface area contributed by atoms with Crippen LogP contribution in [0.4, 0.5) is 0 Å². The number of hydrogen-bond acceptors (Lipinski definition) is 7. The van der Waals surface area contributed by atoms with Gasteiger partial charge in [-0.15, -0.1) is 0 Å². The van der Waals surface area contributed by atoms with Crippen LogP contribution in [0.25, 0.3) is 72.7 Å². The Morgan fingerprint density at radius 2 is 0.942 bits per heavy atom. The summed E-state index contributed by atoms with van der Waals surface area (Å²) in [6, 6.07) is 39.9. The Balaban J connectivity index is 0.000000161. The number of methoxy groups -OCH3 is 1. The van der Waals surface area contributed by atoms with Crippen LogP contribution >= 0.6 is 0 Å². The lowest BCUT2D eigenvalue weighted by Gasteiger charge is -2.09. The summed E-state index contributed by atoms with van der Waals surface area (Å²) < 4.78 is 11.9. The number of esters is 1. The molecule has 0 atom stereocenters. The fourth-order valence-electron chi connectivity index (χ4n) is 10.1. The summed E-state index contributed by atoms with van der Waals surface area (Å²) in [5.41, 5.74) is 20.0. The number of aryl methyl sites for hydroxylation is 9. The number of benzene rings is 6. The molecular weight excluding hydrogens is 1080 g/mol. The normalized spacial score (nSPS) is 11.1. The average molecular weight is 1150 g/mol. The number of carboxylic acid groups (broad SMARTS) is 2. The molecule has 6 N–H and O–H groups in total. The number of aromatic nitrogens is 5. The lowest BCUT2D eigenvalue weighted by atomic mass is 10.1. The molecule has 0 unspecified atom stereocenters. The molecule has 0 amide bonds. The molecule has 5 heterocycles. The van der Waals surface area contributed by atoms with E-state index in [-0.39, 0.29) is 11.9 Å². The number of aromatic amines is 4. The van der Waals surface area contributed by atoms with Gasteiger partial charge >= 0.3 is 17.9 Å². The third kappa shape index (κ3) is 15.9. The number of aliphatic carboxylic acids is 2. The maximum absolute atomic E-state index is 13.3. The zero-order valence-corrected chi connectivity index (χ0v) is 50.9. The molecule has 0 aliphatic heterocycles. The number of carbonyl (C=O) groups is 5. The van der Waals surface area contributed by atoms with Gasteiger partial charge in [-0.25, -0.2) is 14.4 Å². The highest BCUT2D eigenvalue weighted by Gasteiger charge is 2.20. The van der Waals surface area contributed by atoms with Gasteiger partial charge in [-0.2, -0.15) is 0 Å². The van der Waals surface area contributed by atoms with Crippen LogP contribution in [0.5, 0.6) is 5.75 Å². The van der Waals surface area contributed by atoms with Crippen LogP contribution in [0.2, 0.25) is 0 Å². The molecule has 6 aromatic carbocycles. The number of hydrogen-bond donors (Lipinski definition) is 6. The van der Waals surface area contributed by atoms with Gasteiger partial charge in [-0.1, -0.05) is 71.5 Å². The summed E-state index contributed by atoms with van der Waals surface area (Å²) >= 11 is 0. The van der Waals surface area contributed by atoms with Crippen molar-refractivity contribution in [3.8, 4) is 5.75 Å². The number of carboxylic acids is 2. The summed E-state index contributed by atoms with van der Waals surface area (Å²) in [6.45, 7) is 22.7. The molecule has 86 heavy (non-hydrogen) atoms.